The van der Waals surface area contributed by atoms with Gasteiger partial charge in [0.05, 0.1) is 12.6 Å². The fraction of sp³-hybridized carbons (Fsp3) is 0.632. The van der Waals surface area contributed by atoms with E-state index >= 15 is 0 Å². The Morgan fingerprint density at radius 3 is 2.42 bits per heavy atom. The highest BCUT2D eigenvalue weighted by atomic mass is 16.3. The molecule has 0 radical (unpaired) electrons. The monoisotopic (exact) mass is 333 g/mol. The quantitative estimate of drug-likeness (QED) is 0.792. The summed E-state index contributed by atoms with van der Waals surface area (Å²) >= 11 is 0. The predicted octanol–water partition coefficient (Wildman–Crippen LogP) is 1.39. The van der Waals surface area contributed by atoms with Gasteiger partial charge in [0.2, 0.25) is 5.91 Å². The highest BCUT2D eigenvalue weighted by Crippen LogP contribution is 2.12. The number of hydrogen-bond donors (Lipinski definition) is 2. The van der Waals surface area contributed by atoms with Gasteiger partial charge in [-0.2, -0.15) is 0 Å². The maximum absolute atomic E-state index is 12.4. The van der Waals surface area contributed by atoms with Crippen LogP contribution in [0.5, 0.6) is 0 Å². The highest BCUT2D eigenvalue weighted by molar-refractivity contribution is 5.81. The van der Waals surface area contributed by atoms with E-state index < -0.39 is 0 Å². The summed E-state index contributed by atoms with van der Waals surface area (Å²) in [5.41, 5.74) is 2.37. The minimum absolute atomic E-state index is 0.0842. The van der Waals surface area contributed by atoms with Crippen LogP contribution >= 0.6 is 0 Å². The van der Waals surface area contributed by atoms with Gasteiger partial charge in [0.1, 0.15) is 0 Å². The molecule has 0 saturated carbocycles. The Labute approximate surface area is 145 Å². The summed E-state index contributed by atoms with van der Waals surface area (Å²) in [5.74, 6) is 0.0842. The van der Waals surface area contributed by atoms with Gasteiger partial charge in [-0.05, 0) is 31.4 Å². The molecule has 134 valence electrons. The molecule has 5 heteroatoms. The van der Waals surface area contributed by atoms with E-state index in [4.69, 9.17) is 0 Å². The van der Waals surface area contributed by atoms with E-state index in [1.54, 1.807) is 0 Å². The number of aliphatic hydroxyl groups excluding tert-OH is 1. The molecule has 2 unspecified atom stereocenters. The normalized spacial score (nSPS) is 19.0. The van der Waals surface area contributed by atoms with Crippen LogP contribution in [0.15, 0.2) is 24.3 Å². The molecular weight excluding hydrogens is 302 g/mol. The van der Waals surface area contributed by atoms with Crippen molar-refractivity contribution < 1.29 is 9.90 Å². The first-order valence-corrected chi connectivity index (χ1v) is 8.98. The number of aryl methyl sites for hydroxylation is 1. The van der Waals surface area contributed by atoms with Crippen LogP contribution in [-0.4, -0.2) is 65.7 Å². The number of carbonyl (C=O) groups is 1. The smallest absolute Gasteiger partial charge is 0.237 e. The zero-order chi connectivity index (χ0) is 17.5. The minimum Gasteiger partial charge on any atom is -0.395 e. The number of hydrogen-bond acceptors (Lipinski definition) is 4. The van der Waals surface area contributed by atoms with Gasteiger partial charge in [-0.15, -0.1) is 0 Å². The summed E-state index contributed by atoms with van der Waals surface area (Å²) in [6, 6.07) is 8.26. The van der Waals surface area contributed by atoms with Crippen LogP contribution in [0.1, 0.15) is 31.4 Å². The number of benzene rings is 1. The Morgan fingerprint density at radius 1 is 1.21 bits per heavy atom. The molecule has 1 fully saturated rings. The van der Waals surface area contributed by atoms with Crippen LogP contribution in [0, 0.1) is 6.92 Å². The van der Waals surface area contributed by atoms with Crippen molar-refractivity contribution in [1.29, 1.82) is 0 Å². The first kappa shape index (κ1) is 18.9. The molecule has 24 heavy (non-hydrogen) atoms. The summed E-state index contributed by atoms with van der Waals surface area (Å²) in [6.07, 6.45) is 0.961. The molecule has 1 saturated heterocycles. The summed E-state index contributed by atoms with van der Waals surface area (Å²) in [4.78, 5) is 17.0. The largest absolute Gasteiger partial charge is 0.395 e. The van der Waals surface area contributed by atoms with E-state index in [0.717, 1.165) is 38.2 Å². The molecular formula is C19H31N3O2. The van der Waals surface area contributed by atoms with Gasteiger partial charge in [-0.3, -0.25) is 14.6 Å². The lowest BCUT2D eigenvalue weighted by Crippen LogP contribution is -2.56. The number of carbonyl (C=O) groups excluding carboxylic acids is 1. The Bertz CT molecular complexity index is 523. The fourth-order valence-electron chi connectivity index (χ4n) is 3.30. The SMILES string of the molecule is CCC(CO)N1CCN(C(C)C(=O)NCc2ccccc2C)CC1. The van der Waals surface area contributed by atoms with Gasteiger partial charge in [-0.1, -0.05) is 31.2 Å². The van der Waals surface area contributed by atoms with Crippen LogP contribution in [0.2, 0.25) is 0 Å². The van der Waals surface area contributed by atoms with Gasteiger partial charge >= 0.3 is 0 Å². The lowest BCUT2D eigenvalue weighted by atomic mass is 10.1. The molecule has 1 heterocycles. The summed E-state index contributed by atoms with van der Waals surface area (Å²) < 4.78 is 0. The molecule has 5 nitrogen and oxygen atoms in total. The van der Waals surface area contributed by atoms with Crippen LogP contribution in [-0.2, 0) is 11.3 Å². The Kier molecular flexibility index (Phi) is 7.21. The van der Waals surface area contributed by atoms with Crippen molar-refractivity contribution in [3.8, 4) is 0 Å². The number of nitrogens with one attached hydrogen (secondary N) is 1. The van der Waals surface area contributed by atoms with Crippen molar-refractivity contribution >= 4 is 5.91 Å². The average molecular weight is 333 g/mol. The van der Waals surface area contributed by atoms with Crippen molar-refractivity contribution in [2.24, 2.45) is 0 Å². The number of aliphatic hydroxyl groups is 1. The second-order valence-corrected chi connectivity index (χ2v) is 6.64. The van der Waals surface area contributed by atoms with Crippen molar-refractivity contribution in [3.63, 3.8) is 0 Å². The van der Waals surface area contributed by atoms with E-state index in [0.29, 0.717) is 6.54 Å². The Hall–Kier alpha value is -1.43. The summed E-state index contributed by atoms with van der Waals surface area (Å²) in [5, 5.41) is 12.5. The first-order valence-electron chi connectivity index (χ1n) is 8.98. The molecule has 0 bridgehead atoms. The van der Waals surface area contributed by atoms with Gasteiger partial charge in [-0.25, -0.2) is 0 Å². The molecule has 2 N–H and O–H groups in total. The van der Waals surface area contributed by atoms with Crippen molar-refractivity contribution in [1.82, 2.24) is 15.1 Å². The molecule has 1 aromatic carbocycles. The van der Waals surface area contributed by atoms with E-state index in [1.165, 1.54) is 5.56 Å². The highest BCUT2D eigenvalue weighted by Gasteiger charge is 2.27. The second-order valence-electron chi connectivity index (χ2n) is 6.64. The molecule has 1 aromatic rings. The number of nitrogens with zero attached hydrogens (tertiary/aromatic N) is 2. The zero-order valence-electron chi connectivity index (χ0n) is 15.2. The lowest BCUT2D eigenvalue weighted by molar-refractivity contribution is -0.126. The lowest BCUT2D eigenvalue weighted by Gasteiger charge is -2.40. The van der Waals surface area contributed by atoms with Gasteiger partial charge < -0.3 is 10.4 Å². The number of piperazine rings is 1. The Balaban J connectivity index is 1.81. The van der Waals surface area contributed by atoms with Crippen LogP contribution in [0.3, 0.4) is 0 Å². The van der Waals surface area contributed by atoms with E-state index in [2.05, 4.69) is 41.1 Å². The first-order chi connectivity index (χ1) is 11.6. The van der Waals surface area contributed by atoms with Gasteiger partial charge in [0.25, 0.3) is 0 Å². The number of rotatable bonds is 7. The van der Waals surface area contributed by atoms with Crippen LogP contribution < -0.4 is 5.32 Å². The van der Waals surface area contributed by atoms with Crippen LogP contribution in [0.4, 0.5) is 0 Å². The Morgan fingerprint density at radius 2 is 1.83 bits per heavy atom. The standard InChI is InChI=1S/C19H31N3O2/c1-4-18(14-23)22-11-9-21(10-12-22)16(3)19(24)20-13-17-8-6-5-7-15(17)2/h5-8,16,18,23H,4,9-14H2,1-3H3,(H,20,24). The molecule has 1 aliphatic rings. The third-order valence-electron chi connectivity index (χ3n) is 5.19. The minimum atomic E-state index is -0.120. The topological polar surface area (TPSA) is 55.8 Å². The molecule has 1 aliphatic heterocycles. The molecule has 0 aliphatic carbocycles. The third-order valence-corrected chi connectivity index (χ3v) is 5.19. The maximum atomic E-state index is 12.4. The zero-order valence-corrected chi connectivity index (χ0v) is 15.2. The number of amides is 1. The maximum Gasteiger partial charge on any atom is 0.237 e. The van der Waals surface area contributed by atoms with E-state index in [9.17, 15) is 9.90 Å². The van der Waals surface area contributed by atoms with E-state index in [-0.39, 0.29) is 24.6 Å². The van der Waals surface area contributed by atoms with E-state index in [1.807, 2.05) is 19.1 Å². The van der Waals surface area contributed by atoms with Crippen LogP contribution in [0.25, 0.3) is 0 Å². The molecule has 0 spiro atoms. The van der Waals surface area contributed by atoms with Crippen molar-refractivity contribution in [3.05, 3.63) is 35.4 Å². The second kappa shape index (κ2) is 9.16. The van der Waals surface area contributed by atoms with Gasteiger partial charge in [0, 0.05) is 38.8 Å². The third kappa shape index (κ3) is 4.79. The van der Waals surface area contributed by atoms with Gasteiger partial charge in [0.15, 0.2) is 0 Å². The van der Waals surface area contributed by atoms with Crippen molar-refractivity contribution in [2.45, 2.75) is 45.8 Å². The molecule has 1 amide bonds. The van der Waals surface area contributed by atoms with Crippen molar-refractivity contribution in [2.75, 3.05) is 32.8 Å². The molecule has 2 atom stereocenters. The fourth-order valence-corrected chi connectivity index (χ4v) is 3.30. The average Bonchev–Trinajstić information content (AvgIpc) is 2.62. The predicted molar refractivity (Wildman–Crippen MR) is 96.8 cm³/mol. The summed E-state index contributed by atoms with van der Waals surface area (Å²) in [6.45, 7) is 10.5. The molecule has 0 aromatic heterocycles. The molecule has 2 rings (SSSR count). The summed E-state index contributed by atoms with van der Waals surface area (Å²) in [7, 11) is 0.